The molecule has 0 bridgehead atoms. The molecule has 0 radical (unpaired) electrons. The summed E-state index contributed by atoms with van der Waals surface area (Å²) < 4.78 is 11.0. The molecule has 0 N–H and O–H groups in total. The molecule has 4 heteroatoms. The van der Waals surface area contributed by atoms with Crippen LogP contribution < -0.4 is 9.47 Å². The summed E-state index contributed by atoms with van der Waals surface area (Å²) in [5, 5.41) is 0. The van der Waals surface area contributed by atoms with E-state index in [0.717, 1.165) is 37.6 Å². The van der Waals surface area contributed by atoms with Crippen molar-refractivity contribution < 1.29 is 9.47 Å². The van der Waals surface area contributed by atoms with Gasteiger partial charge in [-0.1, -0.05) is 20.8 Å². The van der Waals surface area contributed by atoms with Crippen molar-refractivity contribution in [3.05, 3.63) is 23.3 Å². The third-order valence-electron chi connectivity index (χ3n) is 5.49. The second-order valence-corrected chi connectivity index (χ2v) is 8.52. The molecule has 1 saturated heterocycles. The predicted octanol–water partition coefficient (Wildman–Crippen LogP) is 3.35. The van der Waals surface area contributed by atoms with Crippen LogP contribution in [0.3, 0.4) is 0 Å². The van der Waals surface area contributed by atoms with E-state index in [2.05, 4.69) is 49.8 Å². The van der Waals surface area contributed by atoms with Gasteiger partial charge >= 0.3 is 0 Å². The lowest BCUT2D eigenvalue weighted by molar-refractivity contribution is 0.0213. The molecule has 0 amide bonds. The first kappa shape index (κ1) is 17.6. The maximum Gasteiger partial charge on any atom is 0.161 e. The molecule has 4 nitrogen and oxygen atoms in total. The Kier molecular flexibility index (Phi) is 4.80. The average Bonchev–Trinajstić information content (AvgIpc) is 2.53. The third-order valence-corrected chi connectivity index (χ3v) is 5.49. The predicted molar refractivity (Wildman–Crippen MR) is 98.1 cm³/mol. The molecule has 2 heterocycles. The number of hydrogen-bond acceptors (Lipinski definition) is 4. The topological polar surface area (TPSA) is 24.9 Å². The Morgan fingerprint density at radius 2 is 1.75 bits per heavy atom. The number of hydrogen-bond donors (Lipinski definition) is 0. The van der Waals surface area contributed by atoms with Gasteiger partial charge in [0, 0.05) is 31.7 Å². The highest BCUT2D eigenvalue weighted by molar-refractivity contribution is 5.49. The molecule has 2 atom stereocenters. The van der Waals surface area contributed by atoms with Crippen molar-refractivity contribution in [2.75, 3.05) is 40.9 Å². The zero-order valence-electron chi connectivity index (χ0n) is 16.1. The molecule has 0 unspecified atom stereocenters. The van der Waals surface area contributed by atoms with E-state index in [-0.39, 0.29) is 0 Å². The van der Waals surface area contributed by atoms with Crippen LogP contribution in [0.25, 0.3) is 0 Å². The van der Waals surface area contributed by atoms with Gasteiger partial charge < -0.3 is 14.4 Å². The van der Waals surface area contributed by atoms with Crippen LogP contribution in [-0.4, -0.2) is 56.7 Å². The molecule has 1 aromatic carbocycles. The molecule has 24 heavy (non-hydrogen) atoms. The number of nitrogens with zero attached hydrogens (tertiary/aromatic N) is 2. The van der Waals surface area contributed by atoms with Gasteiger partial charge in [0.05, 0.1) is 14.2 Å². The van der Waals surface area contributed by atoms with Crippen LogP contribution in [0.5, 0.6) is 11.5 Å². The zero-order valence-corrected chi connectivity index (χ0v) is 16.1. The summed E-state index contributed by atoms with van der Waals surface area (Å²) in [5.41, 5.74) is 3.20. The summed E-state index contributed by atoms with van der Waals surface area (Å²) in [6.45, 7) is 10.4. The number of fused-ring (bicyclic) bond motifs is 3. The second-order valence-electron chi connectivity index (χ2n) is 8.52. The quantitative estimate of drug-likeness (QED) is 0.847. The maximum absolute atomic E-state index is 5.54. The van der Waals surface area contributed by atoms with E-state index in [1.165, 1.54) is 17.5 Å². The molecular weight excluding hydrogens is 300 g/mol. The van der Waals surface area contributed by atoms with Gasteiger partial charge in [-0.25, -0.2) is 0 Å². The van der Waals surface area contributed by atoms with Crippen molar-refractivity contribution in [1.29, 1.82) is 0 Å². The van der Waals surface area contributed by atoms with E-state index in [1.54, 1.807) is 14.2 Å². The van der Waals surface area contributed by atoms with Gasteiger partial charge in [0.2, 0.25) is 0 Å². The first-order valence-corrected chi connectivity index (χ1v) is 9.01. The summed E-state index contributed by atoms with van der Waals surface area (Å²) >= 11 is 0. The standard InChI is InChI=1S/C20H32N2O2/c1-20(2,3)11-15-12-22-8-7-14-9-18(23-5)19(24-6)10-16(14)17(22)13-21(15)4/h9-10,15,17H,7-8,11-13H2,1-6H3/t15-,17+/m1/s1. The Morgan fingerprint density at radius 3 is 2.38 bits per heavy atom. The Bertz CT molecular complexity index is 594. The van der Waals surface area contributed by atoms with Crippen molar-refractivity contribution in [3.63, 3.8) is 0 Å². The van der Waals surface area contributed by atoms with Crippen LogP contribution in [0.2, 0.25) is 0 Å². The monoisotopic (exact) mass is 332 g/mol. The molecule has 134 valence electrons. The van der Waals surface area contributed by atoms with Crippen LogP contribution >= 0.6 is 0 Å². The first-order valence-electron chi connectivity index (χ1n) is 9.01. The number of ether oxygens (including phenoxy) is 2. The fraction of sp³-hybridized carbons (Fsp3) is 0.700. The van der Waals surface area contributed by atoms with E-state index in [9.17, 15) is 0 Å². The molecule has 2 aliphatic heterocycles. The van der Waals surface area contributed by atoms with Crippen molar-refractivity contribution in [2.24, 2.45) is 5.41 Å². The van der Waals surface area contributed by atoms with Gasteiger partial charge in [0.1, 0.15) is 0 Å². The number of likely N-dealkylation sites (N-methyl/N-ethyl adjacent to an activating group) is 1. The number of methoxy groups -OCH3 is 2. The molecule has 2 aliphatic rings. The lowest BCUT2D eigenvalue weighted by atomic mass is 9.84. The Hall–Kier alpha value is -1.26. The smallest absolute Gasteiger partial charge is 0.161 e. The zero-order chi connectivity index (χ0) is 17.5. The molecule has 0 aromatic heterocycles. The maximum atomic E-state index is 5.54. The molecule has 0 saturated carbocycles. The highest BCUT2D eigenvalue weighted by Gasteiger charge is 2.37. The SMILES string of the molecule is COc1cc2c(cc1OC)[C@@H]1CN(C)[C@H](CC(C)(C)C)CN1CC2. The highest BCUT2D eigenvalue weighted by atomic mass is 16.5. The number of piperazine rings is 1. The van der Waals surface area contributed by atoms with E-state index in [4.69, 9.17) is 9.47 Å². The first-order chi connectivity index (χ1) is 11.3. The van der Waals surface area contributed by atoms with Gasteiger partial charge in [-0.15, -0.1) is 0 Å². The van der Waals surface area contributed by atoms with E-state index in [0.29, 0.717) is 17.5 Å². The van der Waals surface area contributed by atoms with Crippen molar-refractivity contribution in [3.8, 4) is 11.5 Å². The minimum atomic E-state index is 0.371. The minimum Gasteiger partial charge on any atom is -0.493 e. The Labute approximate surface area is 146 Å². The highest BCUT2D eigenvalue weighted by Crippen LogP contribution is 2.40. The largest absolute Gasteiger partial charge is 0.493 e. The number of benzene rings is 1. The molecular formula is C20H32N2O2. The molecule has 1 fully saturated rings. The van der Waals surface area contributed by atoms with E-state index >= 15 is 0 Å². The molecule has 0 aliphatic carbocycles. The molecule has 0 spiro atoms. The summed E-state index contributed by atoms with van der Waals surface area (Å²) in [6.07, 6.45) is 2.34. The van der Waals surface area contributed by atoms with Crippen LogP contribution in [0.1, 0.15) is 44.4 Å². The molecule has 3 rings (SSSR count). The van der Waals surface area contributed by atoms with Gasteiger partial charge in [-0.05, 0) is 48.6 Å². The van der Waals surface area contributed by atoms with E-state index in [1.807, 2.05) is 0 Å². The lowest BCUT2D eigenvalue weighted by Gasteiger charge is -2.49. The minimum absolute atomic E-state index is 0.371. The van der Waals surface area contributed by atoms with Crippen LogP contribution in [0.4, 0.5) is 0 Å². The average molecular weight is 332 g/mol. The van der Waals surface area contributed by atoms with Crippen molar-refractivity contribution in [1.82, 2.24) is 9.80 Å². The van der Waals surface area contributed by atoms with Crippen LogP contribution in [0, 0.1) is 5.41 Å². The van der Waals surface area contributed by atoms with Crippen LogP contribution in [-0.2, 0) is 6.42 Å². The fourth-order valence-electron chi connectivity index (χ4n) is 4.27. The summed E-state index contributed by atoms with van der Waals surface area (Å²) in [4.78, 5) is 5.23. The van der Waals surface area contributed by atoms with E-state index < -0.39 is 0 Å². The molecule has 1 aromatic rings. The normalized spacial score (nSPS) is 25.1. The summed E-state index contributed by atoms with van der Waals surface area (Å²) in [7, 11) is 5.71. The van der Waals surface area contributed by atoms with Gasteiger partial charge in [-0.2, -0.15) is 0 Å². The van der Waals surface area contributed by atoms with Gasteiger partial charge in [-0.3, -0.25) is 4.90 Å². The number of rotatable bonds is 3. The third kappa shape index (κ3) is 3.40. The second kappa shape index (κ2) is 6.57. The Morgan fingerprint density at radius 1 is 1.08 bits per heavy atom. The lowest BCUT2D eigenvalue weighted by Crippen LogP contribution is -2.55. The van der Waals surface area contributed by atoms with Gasteiger partial charge in [0.25, 0.3) is 0 Å². The fourth-order valence-corrected chi connectivity index (χ4v) is 4.27. The van der Waals surface area contributed by atoms with Gasteiger partial charge in [0.15, 0.2) is 11.5 Å². The van der Waals surface area contributed by atoms with Crippen molar-refractivity contribution >= 4 is 0 Å². The van der Waals surface area contributed by atoms with Crippen LogP contribution in [0.15, 0.2) is 12.1 Å². The summed E-state index contributed by atoms with van der Waals surface area (Å²) in [5.74, 6) is 1.69. The van der Waals surface area contributed by atoms with Crippen molar-refractivity contribution in [2.45, 2.75) is 45.7 Å². The Balaban J connectivity index is 1.86. The summed E-state index contributed by atoms with van der Waals surface area (Å²) in [6, 6.07) is 5.48.